The lowest BCUT2D eigenvalue weighted by Gasteiger charge is -2.24. The summed E-state index contributed by atoms with van der Waals surface area (Å²) in [4.78, 5) is 14.6. The number of hydrogen-bond donors (Lipinski definition) is 0. The molecule has 18 heavy (non-hydrogen) atoms. The van der Waals surface area contributed by atoms with Gasteiger partial charge in [-0.3, -0.25) is 4.79 Å². The Morgan fingerprint density at radius 1 is 1.39 bits per heavy atom. The van der Waals surface area contributed by atoms with Crippen LogP contribution in [0.2, 0.25) is 0 Å². The predicted octanol–water partition coefficient (Wildman–Crippen LogP) is 4.60. The van der Waals surface area contributed by atoms with Crippen LogP contribution in [-0.4, -0.2) is 28.7 Å². The molecule has 0 saturated carbocycles. The minimum atomic E-state index is 0.131. The Balaban J connectivity index is 2.22. The lowest BCUT2D eigenvalue weighted by atomic mass is 10.1. The highest BCUT2D eigenvalue weighted by atomic mass is 79.9. The van der Waals surface area contributed by atoms with Crippen LogP contribution >= 0.6 is 47.8 Å². The third kappa shape index (κ3) is 3.17. The van der Waals surface area contributed by atoms with E-state index in [1.165, 1.54) is 0 Å². The van der Waals surface area contributed by atoms with E-state index >= 15 is 0 Å². The van der Waals surface area contributed by atoms with E-state index in [0.717, 1.165) is 45.6 Å². The molecule has 1 heterocycles. The number of carbonyl (C=O) groups excluding carboxylic acids is 1. The molecule has 1 fully saturated rings. The first-order chi connectivity index (χ1) is 8.63. The van der Waals surface area contributed by atoms with E-state index in [4.69, 9.17) is 0 Å². The summed E-state index contributed by atoms with van der Waals surface area (Å²) >= 11 is 10.3. The molecule has 1 saturated heterocycles. The van der Waals surface area contributed by atoms with E-state index in [9.17, 15) is 4.79 Å². The fourth-order valence-electron chi connectivity index (χ4n) is 2.35. The second-order valence-electron chi connectivity index (χ2n) is 4.40. The van der Waals surface area contributed by atoms with E-state index in [0.29, 0.717) is 6.04 Å². The number of amides is 1. The minimum absolute atomic E-state index is 0.131. The van der Waals surface area contributed by atoms with Crippen LogP contribution in [-0.2, 0) is 0 Å². The summed E-state index contributed by atoms with van der Waals surface area (Å²) in [5, 5.41) is 0.946. The highest BCUT2D eigenvalue weighted by Crippen LogP contribution is 2.27. The van der Waals surface area contributed by atoms with E-state index < -0.39 is 0 Å². The van der Waals surface area contributed by atoms with Gasteiger partial charge in [-0.2, -0.15) is 0 Å². The molecule has 2 nitrogen and oxygen atoms in total. The molecule has 1 aliphatic heterocycles. The van der Waals surface area contributed by atoms with Crippen molar-refractivity contribution in [3.63, 3.8) is 0 Å². The van der Waals surface area contributed by atoms with Crippen molar-refractivity contribution in [2.45, 2.75) is 25.3 Å². The number of halogens is 3. The number of carbonyl (C=O) groups is 1. The quantitative estimate of drug-likeness (QED) is 0.630. The second kappa shape index (κ2) is 6.53. The molecule has 2 rings (SSSR count). The minimum Gasteiger partial charge on any atom is -0.336 e. The lowest BCUT2D eigenvalue weighted by molar-refractivity contribution is 0.0733. The summed E-state index contributed by atoms with van der Waals surface area (Å²) in [6.07, 6.45) is 3.25. The second-order valence-corrected chi connectivity index (χ2v) is 6.96. The van der Waals surface area contributed by atoms with Gasteiger partial charge in [-0.05, 0) is 53.4 Å². The molecule has 5 heteroatoms. The number of alkyl halides is 1. The van der Waals surface area contributed by atoms with Crippen molar-refractivity contribution in [2.24, 2.45) is 0 Å². The van der Waals surface area contributed by atoms with Crippen molar-refractivity contribution in [3.05, 3.63) is 32.7 Å². The normalized spacial score (nSPS) is 19.3. The lowest BCUT2D eigenvalue weighted by Crippen LogP contribution is -2.35. The molecule has 1 aromatic carbocycles. The maximum absolute atomic E-state index is 12.6. The molecule has 0 N–H and O–H groups in total. The van der Waals surface area contributed by atoms with Crippen molar-refractivity contribution >= 4 is 53.7 Å². The summed E-state index contributed by atoms with van der Waals surface area (Å²) in [5.41, 5.74) is 0.742. The molecule has 98 valence electrons. The van der Waals surface area contributed by atoms with E-state index in [1.807, 2.05) is 23.1 Å². The molecule has 1 aliphatic rings. The zero-order chi connectivity index (χ0) is 13.1. The number of hydrogen-bond acceptors (Lipinski definition) is 1. The third-order valence-electron chi connectivity index (χ3n) is 3.24. The van der Waals surface area contributed by atoms with Gasteiger partial charge in [-0.25, -0.2) is 0 Å². The van der Waals surface area contributed by atoms with Crippen LogP contribution in [0.4, 0.5) is 0 Å². The molecule has 0 spiro atoms. The number of rotatable bonds is 3. The van der Waals surface area contributed by atoms with Crippen LogP contribution in [0.25, 0.3) is 0 Å². The van der Waals surface area contributed by atoms with Gasteiger partial charge in [0.2, 0.25) is 0 Å². The summed E-state index contributed by atoms with van der Waals surface area (Å²) < 4.78 is 1.80. The SMILES string of the molecule is O=C(c1cc(Br)ccc1Br)N1CCCC1CCBr. The summed E-state index contributed by atoms with van der Waals surface area (Å²) in [6.45, 7) is 0.870. The maximum Gasteiger partial charge on any atom is 0.255 e. The molecular weight excluding hydrogens is 426 g/mol. The Kier molecular flexibility index (Phi) is 5.27. The van der Waals surface area contributed by atoms with Gasteiger partial charge in [-0.15, -0.1) is 0 Å². The molecule has 0 bridgehead atoms. The molecule has 1 unspecified atom stereocenters. The van der Waals surface area contributed by atoms with Gasteiger partial charge >= 0.3 is 0 Å². The van der Waals surface area contributed by atoms with Gasteiger partial charge in [-0.1, -0.05) is 31.9 Å². The summed E-state index contributed by atoms with van der Waals surface area (Å²) in [7, 11) is 0. The summed E-state index contributed by atoms with van der Waals surface area (Å²) in [5.74, 6) is 0.131. The zero-order valence-electron chi connectivity index (χ0n) is 9.83. The van der Waals surface area contributed by atoms with Crippen molar-refractivity contribution in [1.82, 2.24) is 4.90 Å². The van der Waals surface area contributed by atoms with Gasteiger partial charge < -0.3 is 4.90 Å². The van der Waals surface area contributed by atoms with E-state index in [1.54, 1.807) is 0 Å². The number of nitrogens with zero attached hydrogens (tertiary/aromatic N) is 1. The third-order valence-corrected chi connectivity index (χ3v) is 4.88. The van der Waals surface area contributed by atoms with Gasteiger partial charge in [0.15, 0.2) is 0 Å². The highest BCUT2D eigenvalue weighted by molar-refractivity contribution is 9.11. The molecule has 1 amide bonds. The first-order valence-electron chi connectivity index (χ1n) is 5.95. The zero-order valence-corrected chi connectivity index (χ0v) is 14.6. The largest absolute Gasteiger partial charge is 0.336 e. The van der Waals surface area contributed by atoms with Crippen LogP contribution in [0.3, 0.4) is 0 Å². The van der Waals surface area contributed by atoms with Crippen LogP contribution < -0.4 is 0 Å². The Hall–Kier alpha value is 0.130. The van der Waals surface area contributed by atoms with Crippen molar-refractivity contribution in [3.8, 4) is 0 Å². The summed E-state index contributed by atoms with van der Waals surface area (Å²) in [6, 6.07) is 6.10. The Morgan fingerprint density at radius 3 is 2.89 bits per heavy atom. The molecule has 0 aromatic heterocycles. The van der Waals surface area contributed by atoms with E-state index in [2.05, 4.69) is 47.8 Å². The molecule has 0 radical (unpaired) electrons. The molecule has 1 atom stereocenters. The highest BCUT2D eigenvalue weighted by Gasteiger charge is 2.29. The van der Waals surface area contributed by atoms with Crippen molar-refractivity contribution in [1.29, 1.82) is 0 Å². The maximum atomic E-state index is 12.6. The number of benzene rings is 1. The van der Waals surface area contributed by atoms with Crippen molar-refractivity contribution in [2.75, 3.05) is 11.9 Å². The first kappa shape index (κ1) is 14.5. The van der Waals surface area contributed by atoms with E-state index in [-0.39, 0.29) is 5.91 Å². The smallest absolute Gasteiger partial charge is 0.255 e. The fraction of sp³-hybridized carbons (Fsp3) is 0.462. The average molecular weight is 440 g/mol. The first-order valence-corrected chi connectivity index (χ1v) is 8.66. The Labute approximate surface area is 133 Å². The Bertz CT molecular complexity index is 450. The monoisotopic (exact) mass is 437 g/mol. The Morgan fingerprint density at radius 2 is 2.17 bits per heavy atom. The van der Waals surface area contributed by atoms with Crippen LogP contribution in [0, 0.1) is 0 Å². The molecule has 1 aromatic rings. The van der Waals surface area contributed by atoms with Gasteiger partial charge in [0.25, 0.3) is 5.91 Å². The molecule has 0 aliphatic carbocycles. The van der Waals surface area contributed by atoms with Gasteiger partial charge in [0.05, 0.1) is 5.56 Å². The molecular formula is C13H14Br3NO. The van der Waals surface area contributed by atoms with Gasteiger partial charge in [0, 0.05) is 26.9 Å². The van der Waals surface area contributed by atoms with Gasteiger partial charge in [0.1, 0.15) is 0 Å². The average Bonchev–Trinajstić information content (AvgIpc) is 2.80. The van der Waals surface area contributed by atoms with Crippen LogP contribution in [0.15, 0.2) is 27.1 Å². The topological polar surface area (TPSA) is 20.3 Å². The van der Waals surface area contributed by atoms with Crippen molar-refractivity contribution < 1.29 is 4.79 Å². The standard InChI is InChI=1S/C13H14Br3NO/c14-6-5-10-2-1-7-17(10)13(18)11-8-9(15)3-4-12(11)16/h3-4,8,10H,1-2,5-7H2. The predicted molar refractivity (Wildman–Crippen MR) is 84.3 cm³/mol. The number of likely N-dealkylation sites (tertiary alicyclic amines) is 1. The van der Waals surface area contributed by atoms with Crippen LogP contribution in [0.1, 0.15) is 29.6 Å². The fourth-order valence-corrected chi connectivity index (χ4v) is 3.65. The van der Waals surface area contributed by atoms with Crippen LogP contribution in [0.5, 0.6) is 0 Å².